The maximum absolute atomic E-state index is 14.1. The lowest BCUT2D eigenvalue weighted by Crippen LogP contribution is -2.58. The Kier molecular flexibility index (Phi) is 11.5. The number of carbonyl (C=O) groups excluding carboxylic acids is 2. The monoisotopic (exact) mass is 909 g/mol. The Bertz CT molecular complexity index is 2310. The van der Waals surface area contributed by atoms with Crippen LogP contribution in [-0.2, 0) is 30.0 Å². The second kappa shape index (κ2) is 17.6. The van der Waals surface area contributed by atoms with E-state index < -0.39 is 10.9 Å². The second-order valence-corrected chi connectivity index (χ2v) is 22.4. The third-order valence-corrected chi connectivity index (χ3v) is 18.4. The van der Waals surface area contributed by atoms with Crippen LogP contribution in [0.1, 0.15) is 78.1 Å². The van der Waals surface area contributed by atoms with Crippen LogP contribution in [0.25, 0.3) is 0 Å². The lowest BCUT2D eigenvalue weighted by atomic mass is 9.50. The van der Waals surface area contributed by atoms with Crippen LogP contribution in [0.15, 0.2) is 136 Å². The highest BCUT2D eigenvalue weighted by atomic mass is 32.2. The number of benzene rings is 5. The second-order valence-electron chi connectivity index (χ2n) is 20.4. The smallest absolute Gasteiger partial charge is 0.344 e. The van der Waals surface area contributed by atoms with Gasteiger partial charge in [-0.15, -0.1) is 0 Å². The van der Waals surface area contributed by atoms with Crippen molar-refractivity contribution < 1.29 is 42.4 Å². The van der Waals surface area contributed by atoms with E-state index in [1.165, 1.54) is 76.3 Å². The lowest BCUT2D eigenvalue weighted by molar-refractivity contribution is -0.205. The van der Waals surface area contributed by atoms with Crippen molar-refractivity contribution in [2.45, 2.75) is 104 Å². The predicted octanol–water partition coefficient (Wildman–Crippen LogP) is 12.8. The van der Waals surface area contributed by atoms with E-state index in [2.05, 4.69) is 13.8 Å². The minimum Gasteiger partial charge on any atom is -0.482 e. The zero-order chi connectivity index (χ0) is 45.0. The van der Waals surface area contributed by atoms with E-state index in [-0.39, 0.29) is 42.2 Å². The Balaban J connectivity index is 0.683. The Hall–Kier alpha value is -5.48. The molecule has 0 aromatic heterocycles. The van der Waals surface area contributed by atoms with Gasteiger partial charge in [0.15, 0.2) is 27.9 Å². The van der Waals surface area contributed by atoms with Crippen molar-refractivity contribution in [1.82, 2.24) is 0 Å². The SMILES string of the molecule is CC1(OC(=O)COc2ccc(Oc3ccc([S+](c4ccc(F)cc4)c4ccc(Oc5ccc(OCC(=O)OC6(C)C7CC8CC(C7)CC6C8)cc5)cc4)cc3)cc2)C2CC3CC(C2)CC1C3. The summed E-state index contributed by atoms with van der Waals surface area (Å²) in [6.45, 7) is 4.05. The molecule has 342 valence electrons. The van der Waals surface area contributed by atoms with Crippen molar-refractivity contribution in [3.05, 3.63) is 127 Å². The molecule has 10 heteroatoms. The molecule has 0 heterocycles. The fourth-order valence-corrected chi connectivity index (χ4v) is 15.2. The van der Waals surface area contributed by atoms with Gasteiger partial charge in [0.05, 0.1) is 10.9 Å². The van der Waals surface area contributed by atoms with E-state index in [4.69, 9.17) is 28.4 Å². The fraction of sp³-hybridized carbons (Fsp3) is 0.429. The quantitative estimate of drug-likeness (QED) is 0.0758. The Morgan fingerprint density at radius 2 is 0.712 bits per heavy atom. The molecule has 0 N–H and O–H groups in total. The molecular weight excluding hydrogens is 852 g/mol. The van der Waals surface area contributed by atoms with Gasteiger partial charge in [-0.25, -0.2) is 14.0 Å². The average Bonchev–Trinajstić information content (AvgIpc) is 3.31. The maximum Gasteiger partial charge on any atom is 0.344 e. The molecule has 5 aromatic rings. The largest absolute Gasteiger partial charge is 0.482 e. The standard InChI is InChI=1S/C56H58FO8S/c1-55(39-25-35-23-36(27-39)28-40(55)26-35)64-53(58)33-60-44-5-9-46(10-6-44)62-48-13-19-51(20-14-48)66(50-17-3-43(57)4-18-50)52-21-15-49(16-22-52)63-47-11-7-45(8-12-47)61-34-54(59)65-56(2)41-29-37-24-38(31-41)32-42(56)30-37/h3-22,35-42H,23-34H2,1-2H3/q+1. The summed E-state index contributed by atoms with van der Waals surface area (Å²) in [6.07, 6.45) is 12.2. The highest BCUT2D eigenvalue weighted by molar-refractivity contribution is 7.97. The van der Waals surface area contributed by atoms with Crippen LogP contribution in [0.5, 0.6) is 34.5 Å². The first-order chi connectivity index (χ1) is 32.0. The Labute approximate surface area is 389 Å². The number of rotatable bonds is 15. The van der Waals surface area contributed by atoms with Gasteiger partial charge in [-0.2, -0.15) is 0 Å². The van der Waals surface area contributed by atoms with Crippen LogP contribution >= 0.6 is 0 Å². The molecule has 66 heavy (non-hydrogen) atoms. The molecule has 5 aromatic carbocycles. The molecule has 0 amide bonds. The van der Waals surface area contributed by atoms with E-state index >= 15 is 0 Å². The van der Waals surface area contributed by atoms with Crippen molar-refractivity contribution in [1.29, 1.82) is 0 Å². The van der Waals surface area contributed by atoms with Gasteiger partial charge in [-0.05, 0) is 247 Å². The van der Waals surface area contributed by atoms with Crippen LogP contribution in [0.2, 0.25) is 0 Å². The molecular formula is C56H58FO8S+. The molecule has 0 radical (unpaired) electrons. The van der Waals surface area contributed by atoms with Crippen LogP contribution in [-0.4, -0.2) is 36.4 Å². The van der Waals surface area contributed by atoms with E-state index in [9.17, 15) is 14.0 Å². The molecule has 0 atom stereocenters. The van der Waals surface area contributed by atoms with Crippen molar-refractivity contribution in [3.8, 4) is 34.5 Å². The molecule has 8 bridgehead atoms. The molecule has 13 rings (SSSR count). The minimum absolute atomic E-state index is 0.124. The summed E-state index contributed by atoms with van der Waals surface area (Å²) in [4.78, 5) is 29.0. The highest BCUT2D eigenvalue weighted by Gasteiger charge is 2.58. The van der Waals surface area contributed by atoms with Crippen LogP contribution in [0.3, 0.4) is 0 Å². The molecule has 8 nitrogen and oxygen atoms in total. The number of ether oxygens (including phenoxy) is 6. The van der Waals surface area contributed by atoms with Gasteiger partial charge in [0, 0.05) is 0 Å². The normalized spacial score (nSPS) is 30.3. The van der Waals surface area contributed by atoms with E-state index in [0.717, 1.165) is 38.4 Å². The summed E-state index contributed by atoms with van der Waals surface area (Å²) in [5, 5.41) is 0. The third kappa shape index (κ3) is 8.78. The van der Waals surface area contributed by atoms with Crippen LogP contribution in [0, 0.1) is 53.2 Å². The van der Waals surface area contributed by atoms with Gasteiger partial charge in [0.25, 0.3) is 0 Å². The summed E-state index contributed by atoms with van der Waals surface area (Å²) in [7, 11) is -0.551. The lowest BCUT2D eigenvalue weighted by Gasteiger charge is -2.59. The van der Waals surface area contributed by atoms with E-state index in [1.807, 2.05) is 84.9 Å². The van der Waals surface area contributed by atoms with E-state index in [1.54, 1.807) is 24.3 Å². The number of hydrogen-bond acceptors (Lipinski definition) is 8. The zero-order valence-corrected chi connectivity index (χ0v) is 38.5. The predicted molar refractivity (Wildman–Crippen MR) is 249 cm³/mol. The minimum atomic E-state index is -0.551. The number of halogens is 1. The third-order valence-electron chi connectivity index (χ3n) is 16.2. The first-order valence-corrected chi connectivity index (χ1v) is 25.2. The van der Waals surface area contributed by atoms with Gasteiger partial charge in [-0.1, -0.05) is 0 Å². The highest BCUT2D eigenvalue weighted by Crippen LogP contribution is 2.60. The molecule has 0 unspecified atom stereocenters. The first-order valence-electron chi connectivity index (χ1n) is 24.0. The molecule has 8 fully saturated rings. The Morgan fingerprint density at radius 1 is 0.439 bits per heavy atom. The summed E-state index contributed by atoms with van der Waals surface area (Å²) in [5.74, 6) is 7.94. The summed E-state index contributed by atoms with van der Waals surface area (Å²) >= 11 is 0. The molecule has 8 saturated carbocycles. The van der Waals surface area contributed by atoms with Gasteiger partial charge >= 0.3 is 11.9 Å². The summed E-state index contributed by atoms with van der Waals surface area (Å²) in [5.41, 5.74) is -0.750. The van der Waals surface area contributed by atoms with Gasteiger partial charge in [0.1, 0.15) is 51.5 Å². The van der Waals surface area contributed by atoms with Crippen molar-refractivity contribution >= 4 is 22.8 Å². The van der Waals surface area contributed by atoms with Crippen LogP contribution in [0.4, 0.5) is 4.39 Å². The maximum atomic E-state index is 14.1. The topological polar surface area (TPSA) is 89.5 Å². The molecule has 0 spiro atoms. The molecule has 8 aliphatic carbocycles. The summed E-state index contributed by atoms with van der Waals surface area (Å²) < 4.78 is 50.6. The van der Waals surface area contributed by atoms with Gasteiger partial charge in [-0.3, -0.25) is 0 Å². The summed E-state index contributed by atoms with van der Waals surface area (Å²) in [6, 6.07) is 37.0. The number of esters is 2. The van der Waals surface area contributed by atoms with E-state index in [0.29, 0.717) is 58.2 Å². The molecule has 8 aliphatic rings. The van der Waals surface area contributed by atoms with Crippen LogP contribution < -0.4 is 18.9 Å². The van der Waals surface area contributed by atoms with Gasteiger partial charge < -0.3 is 28.4 Å². The number of carbonyl (C=O) groups is 2. The molecule has 0 aliphatic heterocycles. The average molecular weight is 910 g/mol. The van der Waals surface area contributed by atoms with Crippen molar-refractivity contribution in [2.24, 2.45) is 47.3 Å². The zero-order valence-electron chi connectivity index (χ0n) is 37.7. The first kappa shape index (κ1) is 43.1. The van der Waals surface area contributed by atoms with Crippen molar-refractivity contribution in [2.75, 3.05) is 13.2 Å². The fourth-order valence-electron chi connectivity index (χ4n) is 13.2. The molecule has 0 saturated heterocycles. The van der Waals surface area contributed by atoms with Gasteiger partial charge in [0.2, 0.25) is 0 Å². The van der Waals surface area contributed by atoms with Crippen molar-refractivity contribution in [3.63, 3.8) is 0 Å². The number of hydrogen-bond donors (Lipinski definition) is 0. The Morgan fingerprint density at radius 3 is 1.03 bits per heavy atom.